The number of sulfonamides is 1. The van der Waals surface area contributed by atoms with Crippen molar-refractivity contribution >= 4 is 51.0 Å². The molecule has 10 heteroatoms. The first-order valence-corrected chi connectivity index (χ1v) is 11.5. The Morgan fingerprint density at radius 3 is 2.31 bits per heavy atom. The van der Waals surface area contributed by atoms with E-state index in [4.69, 9.17) is 23.2 Å². The molecule has 0 aliphatic heterocycles. The van der Waals surface area contributed by atoms with Crippen molar-refractivity contribution in [2.75, 3.05) is 10.8 Å². The highest BCUT2D eigenvalue weighted by Crippen LogP contribution is 2.24. The van der Waals surface area contributed by atoms with E-state index in [1.54, 1.807) is 42.5 Å². The molecule has 0 bridgehead atoms. The third-order valence-electron chi connectivity index (χ3n) is 4.36. The van der Waals surface area contributed by atoms with Gasteiger partial charge in [0.25, 0.3) is 15.9 Å². The number of aryl methyl sites for hydroxylation is 1. The summed E-state index contributed by atoms with van der Waals surface area (Å²) in [5.74, 6) is -1.24. The monoisotopic (exact) mass is 493 g/mol. The van der Waals surface area contributed by atoms with Gasteiger partial charge in [0.15, 0.2) is 0 Å². The minimum absolute atomic E-state index is 0.147. The number of nitrogens with zero attached hydrogens (tertiary/aromatic N) is 2. The van der Waals surface area contributed by atoms with Crippen LogP contribution in [0.25, 0.3) is 0 Å². The van der Waals surface area contributed by atoms with Gasteiger partial charge in [0.2, 0.25) is 0 Å². The molecule has 1 amide bonds. The van der Waals surface area contributed by atoms with Gasteiger partial charge in [-0.05, 0) is 61.0 Å². The van der Waals surface area contributed by atoms with Gasteiger partial charge in [0.05, 0.1) is 26.8 Å². The van der Waals surface area contributed by atoms with Crippen molar-refractivity contribution in [3.05, 3.63) is 93.7 Å². The van der Waals surface area contributed by atoms with Gasteiger partial charge >= 0.3 is 0 Å². The normalized spacial score (nSPS) is 11.5. The Labute approximate surface area is 195 Å². The molecule has 0 atom stereocenters. The van der Waals surface area contributed by atoms with Crippen LogP contribution in [0, 0.1) is 12.7 Å². The topological polar surface area (TPSA) is 78.8 Å². The van der Waals surface area contributed by atoms with E-state index in [0.717, 1.165) is 34.1 Å². The number of anilines is 1. The van der Waals surface area contributed by atoms with Crippen LogP contribution in [-0.2, 0) is 14.8 Å². The van der Waals surface area contributed by atoms with Crippen LogP contribution in [0.5, 0.6) is 0 Å². The third kappa shape index (κ3) is 5.85. The number of carbonyl (C=O) groups is 1. The molecule has 3 rings (SSSR count). The summed E-state index contributed by atoms with van der Waals surface area (Å²) in [6, 6.07) is 15.8. The Balaban J connectivity index is 1.82. The lowest BCUT2D eigenvalue weighted by molar-refractivity contribution is -0.119. The Morgan fingerprint density at radius 2 is 1.69 bits per heavy atom. The first-order valence-electron chi connectivity index (χ1n) is 9.29. The molecule has 3 aromatic rings. The lowest BCUT2D eigenvalue weighted by Crippen LogP contribution is -2.39. The zero-order chi connectivity index (χ0) is 23.3. The summed E-state index contributed by atoms with van der Waals surface area (Å²) >= 11 is 11.8. The van der Waals surface area contributed by atoms with Gasteiger partial charge in [-0.1, -0.05) is 47.0 Å². The summed E-state index contributed by atoms with van der Waals surface area (Å²) in [5, 5.41) is 4.56. The zero-order valence-electron chi connectivity index (χ0n) is 16.8. The van der Waals surface area contributed by atoms with Crippen LogP contribution in [-0.4, -0.2) is 27.1 Å². The molecule has 0 aliphatic carbocycles. The molecule has 0 unspecified atom stereocenters. The van der Waals surface area contributed by atoms with Crippen molar-refractivity contribution in [1.82, 2.24) is 5.43 Å². The van der Waals surface area contributed by atoms with E-state index in [9.17, 15) is 17.6 Å². The maximum Gasteiger partial charge on any atom is 0.264 e. The van der Waals surface area contributed by atoms with E-state index in [2.05, 4.69) is 10.5 Å². The predicted octanol–water partition coefficient (Wildman–Crippen LogP) is 4.79. The molecule has 0 heterocycles. The van der Waals surface area contributed by atoms with Crippen LogP contribution >= 0.6 is 23.2 Å². The fourth-order valence-electron chi connectivity index (χ4n) is 2.70. The smallest absolute Gasteiger partial charge is 0.264 e. The Kier molecular flexibility index (Phi) is 7.50. The van der Waals surface area contributed by atoms with Gasteiger partial charge in [-0.15, -0.1) is 0 Å². The molecule has 0 saturated carbocycles. The summed E-state index contributed by atoms with van der Waals surface area (Å²) < 4.78 is 40.6. The van der Waals surface area contributed by atoms with Crippen LogP contribution in [0.4, 0.5) is 10.1 Å². The van der Waals surface area contributed by atoms with Crippen molar-refractivity contribution in [3.63, 3.8) is 0 Å². The highest BCUT2D eigenvalue weighted by atomic mass is 35.5. The second kappa shape index (κ2) is 10.1. The molecule has 32 heavy (non-hydrogen) atoms. The standard InChI is InChI=1S/C22H18Cl2FN3O3S/c1-15-2-7-18(8-3-15)28(32(30,31)19-9-5-17(25)6-10-19)14-22(29)27-26-13-16-4-11-20(23)21(24)12-16/h2-13H,14H2,1H3,(H,27,29)/b26-13-. The molecule has 0 aliphatic rings. The highest BCUT2D eigenvalue weighted by molar-refractivity contribution is 7.92. The Morgan fingerprint density at radius 1 is 1.03 bits per heavy atom. The molecule has 0 fully saturated rings. The number of carbonyl (C=O) groups excluding carboxylic acids is 1. The summed E-state index contributed by atoms with van der Waals surface area (Å²) in [4.78, 5) is 12.4. The van der Waals surface area contributed by atoms with Crippen molar-refractivity contribution < 1.29 is 17.6 Å². The van der Waals surface area contributed by atoms with Crippen LogP contribution in [0.3, 0.4) is 0 Å². The number of benzene rings is 3. The first kappa shape index (κ1) is 23.7. The van der Waals surface area contributed by atoms with Crippen LogP contribution in [0.2, 0.25) is 10.0 Å². The Hall–Kier alpha value is -2.94. The molecular formula is C22H18Cl2FN3O3S. The third-order valence-corrected chi connectivity index (χ3v) is 6.88. The SMILES string of the molecule is Cc1ccc(N(CC(=O)N/N=C\c2ccc(Cl)c(Cl)c2)S(=O)(=O)c2ccc(F)cc2)cc1. The number of nitrogens with one attached hydrogen (secondary N) is 1. The van der Waals surface area contributed by atoms with Gasteiger partial charge in [-0.2, -0.15) is 5.10 Å². The molecule has 0 radical (unpaired) electrons. The molecule has 3 aromatic carbocycles. The summed E-state index contributed by atoms with van der Waals surface area (Å²) in [6.45, 7) is 1.31. The van der Waals surface area contributed by atoms with Crippen molar-refractivity contribution in [3.8, 4) is 0 Å². The molecule has 166 valence electrons. The summed E-state index contributed by atoms with van der Waals surface area (Å²) in [7, 11) is -4.14. The maximum atomic E-state index is 13.3. The first-order chi connectivity index (χ1) is 15.2. The van der Waals surface area contributed by atoms with Crippen molar-refractivity contribution in [2.24, 2.45) is 5.10 Å². The minimum atomic E-state index is -4.14. The lowest BCUT2D eigenvalue weighted by atomic mass is 10.2. The highest BCUT2D eigenvalue weighted by Gasteiger charge is 2.27. The average molecular weight is 494 g/mol. The number of hydrogen-bond donors (Lipinski definition) is 1. The number of hydrogen-bond acceptors (Lipinski definition) is 4. The number of amides is 1. The maximum absolute atomic E-state index is 13.3. The van der Waals surface area contributed by atoms with E-state index in [1.165, 1.54) is 6.21 Å². The number of halogens is 3. The fourth-order valence-corrected chi connectivity index (χ4v) is 4.42. The van der Waals surface area contributed by atoms with E-state index >= 15 is 0 Å². The van der Waals surface area contributed by atoms with Gasteiger partial charge < -0.3 is 0 Å². The van der Waals surface area contributed by atoms with Gasteiger partial charge in [-0.3, -0.25) is 9.10 Å². The van der Waals surface area contributed by atoms with Gasteiger partial charge in [-0.25, -0.2) is 18.2 Å². The zero-order valence-corrected chi connectivity index (χ0v) is 19.1. The average Bonchev–Trinajstić information content (AvgIpc) is 2.75. The van der Waals surface area contributed by atoms with Gasteiger partial charge in [0, 0.05) is 0 Å². The number of rotatable bonds is 7. The molecular weight excluding hydrogens is 476 g/mol. The van der Waals surface area contributed by atoms with E-state index < -0.39 is 28.3 Å². The summed E-state index contributed by atoms with van der Waals surface area (Å²) in [6.07, 6.45) is 1.35. The van der Waals surface area contributed by atoms with E-state index in [1.807, 2.05) is 6.92 Å². The minimum Gasteiger partial charge on any atom is -0.271 e. The van der Waals surface area contributed by atoms with E-state index in [0.29, 0.717) is 15.6 Å². The predicted molar refractivity (Wildman–Crippen MR) is 124 cm³/mol. The van der Waals surface area contributed by atoms with Crippen LogP contribution in [0.1, 0.15) is 11.1 Å². The molecule has 0 saturated heterocycles. The molecule has 0 spiro atoms. The van der Waals surface area contributed by atoms with Crippen molar-refractivity contribution in [1.29, 1.82) is 0 Å². The fraction of sp³-hybridized carbons (Fsp3) is 0.0909. The van der Waals surface area contributed by atoms with Crippen LogP contribution in [0.15, 0.2) is 76.7 Å². The van der Waals surface area contributed by atoms with Crippen molar-refractivity contribution in [2.45, 2.75) is 11.8 Å². The Bertz CT molecular complexity index is 1250. The molecule has 1 N–H and O–H groups in total. The van der Waals surface area contributed by atoms with Gasteiger partial charge in [0.1, 0.15) is 12.4 Å². The second-order valence-corrected chi connectivity index (χ2v) is 9.44. The largest absolute Gasteiger partial charge is 0.271 e. The quantitative estimate of drug-likeness (QED) is 0.379. The molecule has 0 aromatic heterocycles. The molecule has 6 nitrogen and oxygen atoms in total. The summed E-state index contributed by atoms with van der Waals surface area (Å²) in [5.41, 5.74) is 4.09. The van der Waals surface area contributed by atoms with Crippen LogP contribution < -0.4 is 9.73 Å². The second-order valence-electron chi connectivity index (χ2n) is 6.77. The number of hydrazone groups is 1. The van der Waals surface area contributed by atoms with E-state index in [-0.39, 0.29) is 10.6 Å². The lowest BCUT2D eigenvalue weighted by Gasteiger charge is -2.23.